The van der Waals surface area contributed by atoms with E-state index in [9.17, 15) is 9.59 Å². The van der Waals surface area contributed by atoms with Crippen LogP contribution in [0.3, 0.4) is 0 Å². The molecule has 0 aromatic heterocycles. The van der Waals surface area contributed by atoms with Crippen LogP contribution in [0.25, 0.3) is 0 Å². The highest BCUT2D eigenvalue weighted by Gasteiger charge is 2.33. The third-order valence-electron chi connectivity index (χ3n) is 5.40. The molecular formula is C20H29N3O2. The smallest absolute Gasteiger partial charge is 0.240 e. The summed E-state index contributed by atoms with van der Waals surface area (Å²) in [7, 11) is 0. The quantitative estimate of drug-likeness (QED) is 0.844. The molecule has 136 valence electrons. The molecule has 3 rings (SSSR count). The second-order valence-corrected chi connectivity index (χ2v) is 7.30. The van der Waals surface area contributed by atoms with Gasteiger partial charge in [-0.2, -0.15) is 0 Å². The molecule has 2 aliphatic heterocycles. The van der Waals surface area contributed by atoms with Crippen molar-refractivity contribution in [1.29, 1.82) is 0 Å². The Morgan fingerprint density at radius 3 is 2.44 bits per heavy atom. The van der Waals surface area contributed by atoms with E-state index in [1.54, 1.807) is 6.92 Å². The molecule has 0 saturated carbocycles. The average Bonchev–Trinajstić information content (AvgIpc) is 2.62. The number of piperidine rings is 1. The zero-order chi connectivity index (χ0) is 17.8. The second kappa shape index (κ2) is 8.00. The Morgan fingerprint density at radius 2 is 1.76 bits per heavy atom. The van der Waals surface area contributed by atoms with Crippen LogP contribution in [0.2, 0.25) is 0 Å². The van der Waals surface area contributed by atoms with Crippen LogP contribution >= 0.6 is 0 Å². The topological polar surface area (TPSA) is 43.9 Å². The number of rotatable bonds is 3. The predicted molar refractivity (Wildman–Crippen MR) is 98.1 cm³/mol. The fourth-order valence-corrected chi connectivity index (χ4v) is 3.96. The Hall–Kier alpha value is -1.88. The molecule has 0 spiro atoms. The number of likely N-dealkylation sites (tertiary alicyclic amines) is 1. The Bertz CT molecular complexity index is 623. The van der Waals surface area contributed by atoms with Crippen LogP contribution in [-0.2, 0) is 16.1 Å². The van der Waals surface area contributed by atoms with E-state index in [1.807, 2.05) is 9.80 Å². The van der Waals surface area contributed by atoms with Gasteiger partial charge in [0.25, 0.3) is 0 Å². The maximum atomic E-state index is 13.1. The third kappa shape index (κ3) is 4.40. The number of benzene rings is 1. The molecule has 2 saturated heterocycles. The first-order valence-corrected chi connectivity index (χ1v) is 9.38. The number of carbonyl (C=O) groups is 2. The Morgan fingerprint density at radius 1 is 1.04 bits per heavy atom. The minimum Gasteiger partial charge on any atom is -0.339 e. The summed E-state index contributed by atoms with van der Waals surface area (Å²) in [5.41, 5.74) is 2.54. The Kier molecular flexibility index (Phi) is 5.74. The summed E-state index contributed by atoms with van der Waals surface area (Å²) in [4.78, 5) is 30.7. The van der Waals surface area contributed by atoms with E-state index in [1.165, 1.54) is 11.1 Å². The van der Waals surface area contributed by atoms with Crippen molar-refractivity contribution >= 4 is 11.8 Å². The fourth-order valence-electron chi connectivity index (χ4n) is 3.96. The molecule has 25 heavy (non-hydrogen) atoms. The summed E-state index contributed by atoms with van der Waals surface area (Å²) < 4.78 is 0. The number of nitrogens with zero attached hydrogens (tertiary/aromatic N) is 3. The van der Waals surface area contributed by atoms with Gasteiger partial charge in [0.2, 0.25) is 11.8 Å². The van der Waals surface area contributed by atoms with Crippen molar-refractivity contribution in [3.05, 3.63) is 35.4 Å². The second-order valence-electron chi connectivity index (χ2n) is 7.30. The fraction of sp³-hybridized carbons (Fsp3) is 0.600. The summed E-state index contributed by atoms with van der Waals surface area (Å²) in [6.07, 6.45) is 3.22. The van der Waals surface area contributed by atoms with Crippen molar-refractivity contribution in [3.8, 4) is 0 Å². The van der Waals surface area contributed by atoms with Gasteiger partial charge in [-0.25, -0.2) is 0 Å². The maximum absolute atomic E-state index is 13.1. The van der Waals surface area contributed by atoms with Gasteiger partial charge < -0.3 is 9.80 Å². The van der Waals surface area contributed by atoms with Crippen LogP contribution < -0.4 is 0 Å². The molecule has 2 aliphatic rings. The molecule has 0 unspecified atom stereocenters. The molecule has 0 N–H and O–H groups in total. The Labute approximate surface area is 150 Å². The molecule has 2 amide bonds. The minimum atomic E-state index is -0.0156. The minimum absolute atomic E-state index is 0.0156. The molecule has 5 nitrogen and oxygen atoms in total. The van der Waals surface area contributed by atoms with Crippen molar-refractivity contribution in [2.45, 2.75) is 45.7 Å². The zero-order valence-corrected chi connectivity index (χ0v) is 15.4. The van der Waals surface area contributed by atoms with Gasteiger partial charge >= 0.3 is 0 Å². The number of piperazine rings is 1. The lowest BCUT2D eigenvalue weighted by atomic mass is 9.99. The van der Waals surface area contributed by atoms with Gasteiger partial charge in [0.05, 0.1) is 6.04 Å². The van der Waals surface area contributed by atoms with Gasteiger partial charge in [-0.05, 0) is 31.9 Å². The van der Waals surface area contributed by atoms with Crippen molar-refractivity contribution in [3.63, 3.8) is 0 Å². The lowest BCUT2D eigenvalue weighted by molar-refractivity contribution is -0.143. The summed E-state index contributed by atoms with van der Waals surface area (Å²) >= 11 is 0. The van der Waals surface area contributed by atoms with Crippen LogP contribution in [0.4, 0.5) is 0 Å². The number of carbonyl (C=O) groups excluding carboxylic acids is 2. The van der Waals surface area contributed by atoms with Crippen LogP contribution in [-0.4, -0.2) is 65.3 Å². The molecule has 1 atom stereocenters. The largest absolute Gasteiger partial charge is 0.339 e. The molecule has 2 fully saturated rings. The standard InChI is InChI=1S/C20H29N3O2/c1-16-6-5-7-18(14-16)15-23-9-4-3-8-19(23)20(25)22-12-10-21(11-13-22)17(2)24/h5-7,14,19H,3-4,8-13,15H2,1-2H3/t19-/m1/s1. The van der Waals surface area contributed by atoms with E-state index in [2.05, 4.69) is 36.1 Å². The molecule has 2 heterocycles. The van der Waals surface area contributed by atoms with Crippen LogP contribution in [0.15, 0.2) is 24.3 Å². The first-order chi connectivity index (χ1) is 12.0. The van der Waals surface area contributed by atoms with Crippen molar-refractivity contribution in [1.82, 2.24) is 14.7 Å². The normalized spacial score (nSPS) is 22.1. The van der Waals surface area contributed by atoms with Crippen LogP contribution in [0.1, 0.15) is 37.3 Å². The SMILES string of the molecule is CC(=O)N1CCN(C(=O)[C@H]2CCCCN2Cc2cccc(C)c2)CC1. The molecule has 0 radical (unpaired) electrons. The Balaban J connectivity index is 1.64. The van der Waals surface area contributed by atoms with E-state index >= 15 is 0 Å². The van der Waals surface area contributed by atoms with E-state index in [0.29, 0.717) is 26.2 Å². The lowest BCUT2D eigenvalue weighted by Gasteiger charge is -2.40. The highest BCUT2D eigenvalue weighted by atomic mass is 16.2. The van der Waals surface area contributed by atoms with Gasteiger partial charge in [0, 0.05) is 39.6 Å². The lowest BCUT2D eigenvalue weighted by Crippen LogP contribution is -2.56. The first kappa shape index (κ1) is 17.9. The monoisotopic (exact) mass is 343 g/mol. The average molecular weight is 343 g/mol. The molecule has 0 aliphatic carbocycles. The number of hydrogen-bond donors (Lipinski definition) is 0. The summed E-state index contributed by atoms with van der Waals surface area (Å²) in [5.74, 6) is 0.349. The summed E-state index contributed by atoms with van der Waals surface area (Å²) in [6.45, 7) is 8.17. The van der Waals surface area contributed by atoms with Crippen molar-refractivity contribution < 1.29 is 9.59 Å². The molecule has 5 heteroatoms. The van der Waals surface area contributed by atoms with Gasteiger partial charge in [0.1, 0.15) is 0 Å². The number of amides is 2. The molecular weight excluding hydrogens is 314 g/mol. The predicted octanol–water partition coefficient (Wildman–Crippen LogP) is 2.04. The third-order valence-corrected chi connectivity index (χ3v) is 5.40. The highest BCUT2D eigenvalue weighted by molar-refractivity contribution is 5.82. The number of aryl methyl sites for hydroxylation is 1. The molecule has 1 aromatic rings. The van der Waals surface area contributed by atoms with E-state index in [4.69, 9.17) is 0 Å². The van der Waals surface area contributed by atoms with Gasteiger partial charge in [0.15, 0.2) is 0 Å². The van der Waals surface area contributed by atoms with Crippen molar-refractivity contribution in [2.24, 2.45) is 0 Å². The first-order valence-electron chi connectivity index (χ1n) is 9.38. The highest BCUT2D eigenvalue weighted by Crippen LogP contribution is 2.22. The van der Waals surface area contributed by atoms with E-state index in [-0.39, 0.29) is 17.9 Å². The van der Waals surface area contributed by atoms with Gasteiger partial charge in [-0.15, -0.1) is 0 Å². The van der Waals surface area contributed by atoms with Crippen LogP contribution in [0, 0.1) is 6.92 Å². The van der Waals surface area contributed by atoms with Crippen LogP contribution in [0.5, 0.6) is 0 Å². The van der Waals surface area contributed by atoms with E-state index in [0.717, 1.165) is 32.4 Å². The molecule has 1 aromatic carbocycles. The maximum Gasteiger partial charge on any atom is 0.240 e. The van der Waals surface area contributed by atoms with Gasteiger partial charge in [-0.1, -0.05) is 36.2 Å². The van der Waals surface area contributed by atoms with Crippen molar-refractivity contribution in [2.75, 3.05) is 32.7 Å². The molecule has 0 bridgehead atoms. The summed E-state index contributed by atoms with van der Waals surface area (Å²) in [5, 5.41) is 0. The van der Waals surface area contributed by atoms with E-state index < -0.39 is 0 Å². The summed E-state index contributed by atoms with van der Waals surface area (Å²) in [6, 6.07) is 8.54. The van der Waals surface area contributed by atoms with Gasteiger partial charge in [-0.3, -0.25) is 14.5 Å². The zero-order valence-electron chi connectivity index (χ0n) is 15.4. The number of hydrogen-bond acceptors (Lipinski definition) is 3.